The summed E-state index contributed by atoms with van der Waals surface area (Å²) in [6, 6.07) is -0.313. The second-order valence-electron chi connectivity index (χ2n) is 6.57. The van der Waals surface area contributed by atoms with Crippen LogP contribution in [0.4, 0.5) is 0 Å². The van der Waals surface area contributed by atoms with E-state index in [1.54, 1.807) is 7.05 Å². The molecule has 10 heteroatoms. The van der Waals surface area contributed by atoms with Crippen LogP contribution >= 0.6 is 0 Å². The zero-order valence-corrected chi connectivity index (χ0v) is 15.8. The van der Waals surface area contributed by atoms with Gasteiger partial charge >= 0.3 is 0 Å². The summed E-state index contributed by atoms with van der Waals surface area (Å²) in [7, 11) is -4.90. The molecule has 2 saturated heterocycles. The van der Waals surface area contributed by atoms with Crippen LogP contribution in [0.1, 0.15) is 25.7 Å². The van der Waals surface area contributed by atoms with Crippen molar-refractivity contribution < 1.29 is 26.4 Å². The van der Waals surface area contributed by atoms with E-state index in [0.717, 1.165) is 19.1 Å². The zero-order valence-electron chi connectivity index (χ0n) is 14.2. The number of sulfonamides is 1. The Morgan fingerprint density at radius 3 is 2.50 bits per heavy atom. The van der Waals surface area contributed by atoms with Crippen LogP contribution in [0, 0.1) is 0 Å². The van der Waals surface area contributed by atoms with E-state index in [1.807, 2.05) is 0 Å². The first-order chi connectivity index (χ1) is 11.1. The van der Waals surface area contributed by atoms with Crippen LogP contribution < -0.4 is 0 Å². The molecule has 0 aliphatic carbocycles. The summed E-state index contributed by atoms with van der Waals surface area (Å²) >= 11 is 0. The van der Waals surface area contributed by atoms with Gasteiger partial charge in [-0.2, -0.15) is 4.31 Å². The van der Waals surface area contributed by atoms with Crippen molar-refractivity contribution in [3.63, 3.8) is 0 Å². The van der Waals surface area contributed by atoms with Gasteiger partial charge in [0.2, 0.25) is 15.9 Å². The van der Waals surface area contributed by atoms with E-state index in [9.17, 15) is 21.6 Å². The molecule has 2 heterocycles. The molecule has 0 aromatic carbocycles. The average Bonchev–Trinajstić information content (AvgIpc) is 3.10. The standard InChI is InChI=1S/C14H26N2O6S2/c1-15(12-6-9-24(20,21)11-12)14(17)5-7-16(23(2,18)19)10-13-4-3-8-22-13/h12-13H,3-11H2,1-2H3. The maximum atomic E-state index is 12.3. The first-order valence-corrected chi connectivity index (χ1v) is 11.8. The highest BCUT2D eigenvalue weighted by molar-refractivity contribution is 7.91. The molecule has 8 nitrogen and oxygen atoms in total. The highest BCUT2D eigenvalue weighted by atomic mass is 32.2. The van der Waals surface area contributed by atoms with Gasteiger partial charge in [-0.05, 0) is 19.3 Å². The molecule has 0 bridgehead atoms. The molecular weight excluding hydrogens is 356 g/mol. The Morgan fingerprint density at radius 2 is 2.00 bits per heavy atom. The fourth-order valence-electron chi connectivity index (χ4n) is 3.09. The van der Waals surface area contributed by atoms with Crippen LogP contribution in [-0.2, 0) is 29.4 Å². The van der Waals surface area contributed by atoms with Gasteiger partial charge in [0.1, 0.15) is 0 Å². The number of ether oxygens (including phenoxy) is 1. The fraction of sp³-hybridized carbons (Fsp3) is 0.929. The summed E-state index contributed by atoms with van der Waals surface area (Å²) in [5.41, 5.74) is 0. The molecule has 2 aliphatic heterocycles. The van der Waals surface area contributed by atoms with Crippen molar-refractivity contribution in [1.29, 1.82) is 0 Å². The number of carbonyl (C=O) groups is 1. The van der Waals surface area contributed by atoms with Crippen LogP contribution in [0.25, 0.3) is 0 Å². The first kappa shape index (κ1) is 19.6. The third-order valence-electron chi connectivity index (χ3n) is 4.62. The Kier molecular flexibility index (Phi) is 6.27. The molecule has 2 aliphatic rings. The molecule has 1 amide bonds. The van der Waals surface area contributed by atoms with Crippen LogP contribution in [0.3, 0.4) is 0 Å². The van der Waals surface area contributed by atoms with E-state index >= 15 is 0 Å². The zero-order chi connectivity index (χ0) is 18.0. The van der Waals surface area contributed by atoms with Crippen molar-refractivity contribution in [2.75, 3.05) is 44.5 Å². The second-order valence-corrected chi connectivity index (χ2v) is 10.8. The molecule has 0 aromatic rings. The smallest absolute Gasteiger partial charge is 0.223 e. The SMILES string of the molecule is CN(C(=O)CCN(CC1CCCO1)S(C)(=O)=O)C1CCS(=O)(=O)C1. The molecule has 2 atom stereocenters. The molecule has 24 heavy (non-hydrogen) atoms. The molecule has 140 valence electrons. The lowest BCUT2D eigenvalue weighted by Gasteiger charge is -2.26. The van der Waals surface area contributed by atoms with E-state index in [2.05, 4.69) is 0 Å². The van der Waals surface area contributed by atoms with Crippen LogP contribution in [0.2, 0.25) is 0 Å². The Hall–Kier alpha value is -0.710. The minimum Gasteiger partial charge on any atom is -0.377 e. The van der Waals surface area contributed by atoms with Crippen molar-refractivity contribution in [2.24, 2.45) is 0 Å². The highest BCUT2D eigenvalue weighted by Crippen LogP contribution is 2.18. The Balaban J connectivity index is 1.89. The predicted molar refractivity (Wildman–Crippen MR) is 89.8 cm³/mol. The van der Waals surface area contributed by atoms with Gasteiger partial charge in [-0.25, -0.2) is 16.8 Å². The second kappa shape index (κ2) is 7.67. The van der Waals surface area contributed by atoms with Crippen molar-refractivity contribution in [3.8, 4) is 0 Å². The molecule has 2 fully saturated rings. The van der Waals surface area contributed by atoms with E-state index in [4.69, 9.17) is 4.74 Å². The van der Waals surface area contributed by atoms with Crippen molar-refractivity contribution in [2.45, 2.75) is 37.8 Å². The molecule has 2 rings (SSSR count). The quantitative estimate of drug-likeness (QED) is 0.586. The maximum absolute atomic E-state index is 12.3. The molecule has 0 N–H and O–H groups in total. The largest absolute Gasteiger partial charge is 0.377 e. The van der Waals surface area contributed by atoms with Crippen molar-refractivity contribution in [1.82, 2.24) is 9.21 Å². The van der Waals surface area contributed by atoms with Gasteiger partial charge in [0.05, 0.1) is 23.9 Å². The van der Waals surface area contributed by atoms with Gasteiger partial charge in [-0.15, -0.1) is 0 Å². The predicted octanol–water partition coefficient (Wildman–Crippen LogP) is -0.537. The van der Waals surface area contributed by atoms with Crippen LogP contribution in [0.5, 0.6) is 0 Å². The molecular formula is C14H26N2O6S2. The van der Waals surface area contributed by atoms with E-state index < -0.39 is 19.9 Å². The fourth-order valence-corrected chi connectivity index (χ4v) is 5.72. The van der Waals surface area contributed by atoms with Gasteiger partial charge in [-0.3, -0.25) is 4.79 Å². The van der Waals surface area contributed by atoms with Crippen molar-refractivity contribution >= 4 is 25.8 Å². The van der Waals surface area contributed by atoms with Crippen LogP contribution in [-0.4, -0.2) is 88.6 Å². The summed E-state index contributed by atoms with van der Waals surface area (Å²) in [6.45, 7) is 0.981. The third kappa shape index (κ3) is 5.40. The minimum atomic E-state index is -3.42. The lowest BCUT2D eigenvalue weighted by molar-refractivity contribution is -0.131. The Bertz CT molecular complexity index is 655. The van der Waals surface area contributed by atoms with Gasteiger partial charge in [-0.1, -0.05) is 0 Å². The number of rotatable bonds is 7. The lowest BCUT2D eigenvalue weighted by Crippen LogP contribution is -2.42. The monoisotopic (exact) mass is 382 g/mol. The molecule has 0 aromatic heterocycles. The third-order valence-corrected chi connectivity index (χ3v) is 7.64. The van der Waals surface area contributed by atoms with E-state index in [1.165, 1.54) is 9.21 Å². The summed E-state index contributed by atoms with van der Waals surface area (Å²) in [5.74, 6) is -0.150. The molecule has 0 saturated carbocycles. The van der Waals surface area contributed by atoms with Gasteiger partial charge < -0.3 is 9.64 Å². The Morgan fingerprint density at radius 1 is 1.29 bits per heavy atom. The van der Waals surface area contributed by atoms with E-state index in [0.29, 0.717) is 13.0 Å². The van der Waals surface area contributed by atoms with Crippen LogP contribution in [0.15, 0.2) is 0 Å². The number of nitrogens with zero attached hydrogens (tertiary/aromatic N) is 2. The summed E-state index contributed by atoms with van der Waals surface area (Å²) in [6.07, 6.45) is 3.22. The number of hydrogen-bond donors (Lipinski definition) is 0. The molecule has 0 radical (unpaired) electrons. The maximum Gasteiger partial charge on any atom is 0.223 e. The number of hydrogen-bond acceptors (Lipinski definition) is 6. The summed E-state index contributed by atoms with van der Waals surface area (Å²) in [4.78, 5) is 13.7. The van der Waals surface area contributed by atoms with Gasteiger partial charge in [0.25, 0.3) is 0 Å². The Labute approximate surface area is 144 Å². The van der Waals surface area contributed by atoms with E-state index in [-0.39, 0.29) is 49.1 Å². The summed E-state index contributed by atoms with van der Waals surface area (Å²) in [5, 5.41) is 0. The molecule has 0 spiro atoms. The normalized spacial score (nSPS) is 26.8. The number of carbonyl (C=O) groups excluding carboxylic acids is 1. The van der Waals surface area contributed by atoms with Gasteiger partial charge in [0, 0.05) is 39.2 Å². The number of amides is 1. The van der Waals surface area contributed by atoms with Crippen molar-refractivity contribution in [3.05, 3.63) is 0 Å². The number of sulfone groups is 1. The minimum absolute atomic E-state index is 0.0130. The average molecular weight is 383 g/mol. The first-order valence-electron chi connectivity index (χ1n) is 8.11. The topological polar surface area (TPSA) is 101 Å². The highest BCUT2D eigenvalue weighted by Gasteiger charge is 2.33. The van der Waals surface area contributed by atoms with Gasteiger partial charge in [0.15, 0.2) is 9.84 Å². The lowest BCUT2D eigenvalue weighted by atomic mass is 10.2. The summed E-state index contributed by atoms with van der Waals surface area (Å²) < 4.78 is 53.6. The molecule has 2 unspecified atom stereocenters.